The molecule has 5 heteroatoms. The van der Waals surface area contributed by atoms with Crippen molar-refractivity contribution in [2.45, 2.75) is 63.5 Å². The van der Waals surface area contributed by atoms with Crippen molar-refractivity contribution in [1.29, 1.82) is 0 Å². The van der Waals surface area contributed by atoms with Crippen LogP contribution in [0.1, 0.15) is 62.1 Å². The quantitative estimate of drug-likeness (QED) is 0.194. The van der Waals surface area contributed by atoms with Gasteiger partial charge in [-0.1, -0.05) is 91.8 Å². The predicted octanol–water partition coefficient (Wildman–Crippen LogP) is 9.24. The lowest BCUT2D eigenvalue weighted by atomic mass is 9.61. The van der Waals surface area contributed by atoms with Crippen LogP contribution < -0.4 is 9.47 Å². The molecule has 216 valence electrons. The highest BCUT2D eigenvalue weighted by atomic mass is 32.1. The zero-order valence-corrected chi connectivity index (χ0v) is 25.6. The molecular weight excluding hydrogens is 548 g/mol. The Kier molecular flexibility index (Phi) is 6.94. The Bertz CT molecular complexity index is 1840. The van der Waals surface area contributed by atoms with Crippen molar-refractivity contribution in [3.63, 3.8) is 0 Å². The fourth-order valence-corrected chi connectivity index (χ4v) is 8.56. The van der Waals surface area contributed by atoms with Crippen LogP contribution in [0.3, 0.4) is 0 Å². The third-order valence-electron chi connectivity index (χ3n) is 9.97. The maximum atomic E-state index is 11.3. The van der Waals surface area contributed by atoms with Crippen molar-refractivity contribution in [2.75, 3.05) is 4.90 Å². The first kappa shape index (κ1) is 27.6. The van der Waals surface area contributed by atoms with Crippen molar-refractivity contribution in [1.82, 2.24) is 0 Å². The van der Waals surface area contributed by atoms with E-state index < -0.39 is 5.97 Å². The topological polar surface area (TPSA) is 44.4 Å². The number of aromatic nitrogens is 1. The SMILES string of the molecule is CC12CCCCC1(C)N(c1ccccc1)c1ccc(-c3ccc(/C=C/c4sc5ccccc5[n+]4CCC(=O)O)cc3)cc12. The van der Waals surface area contributed by atoms with Gasteiger partial charge in [0.25, 0.3) is 5.01 Å². The number of nitrogens with zero attached hydrogens (tertiary/aromatic N) is 2. The molecule has 1 fully saturated rings. The van der Waals surface area contributed by atoms with Crippen molar-refractivity contribution in [3.8, 4) is 11.1 Å². The molecule has 2 heterocycles. The first-order valence-electron chi connectivity index (χ1n) is 15.3. The number of aryl methyl sites for hydroxylation is 1. The molecule has 0 amide bonds. The third-order valence-corrected chi connectivity index (χ3v) is 11.1. The van der Waals surface area contributed by atoms with Crippen LogP contribution in [0.2, 0.25) is 0 Å². The second-order valence-corrected chi connectivity index (χ2v) is 13.4. The van der Waals surface area contributed by atoms with Gasteiger partial charge in [0, 0.05) is 28.9 Å². The number of benzene rings is 4. The van der Waals surface area contributed by atoms with Crippen LogP contribution in [0.25, 0.3) is 33.5 Å². The summed E-state index contributed by atoms with van der Waals surface area (Å²) in [5.74, 6) is -0.783. The molecule has 1 saturated carbocycles. The Morgan fingerprint density at radius 1 is 0.884 bits per heavy atom. The van der Waals surface area contributed by atoms with Gasteiger partial charge in [0.15, 0.2) is 6.54 Å². The minimum absolute atomic E-state index is 0.0517. The van der Waals surface area contributed by atoms with Crippen LogP contribution >= 0.6 is 11.3 Å². The lowest BCUT2D eigenvalue weighted by Gasteiger charge is -2.50. The maximum absolute atomic E-state index is 11.3. The Hall–Kier alpha value is -4.22. The Morgan fingerprint density at radius 2 is 1.60 bits per heavy atom. The molecule has 1 N–H and O–H groups in total. The monoisotopic (exact) mass is 585 g/mol. The maximum Gasteiger partial charge on any atom is 0.309 e. The largest absolute Gasteiger partial charge is 0.481 e. The van der Waals surface area contributed by atoms with E-state index in [1.54, 1.807) is 11.3 Å². The average Bonchev–Trinajstić information content (AvgIpc) is 3.48. The summed E-state index contributed by atoms with van der Waals surface area (Å²) in [6.45, 7) is 5.42. The van der Waals surface area contributed by atoms with Gasteiger partial charge < -0.3 is 10.0 Å². The van der Waals surface area contributed by atoms with Gasteiger partial charge in [0.2, 0.25) is 5.52 Å². The highest BCUT2D eigenvalue weighted by Gasteiger charge is 2.57. The van der Waals surface area contributed by atoms with E-state index in [1.165, 1.54) is 53.7 Å². The molecule has 0 spiro atoms. The number of carboxylic acids is 1. The van der Waals surface area contributed by atoms with E-state index in [0.29, 0.717) is 6.54 Å². The normalized spacial score (nSPS) is 21.3. The molecular formula is C38H37N2O2S+. The van der Waals surface area contributed by atoms with Crippen molar-refractivity contribution >= 4 is 51.0 Å². The fraction of sp³-hybridized carbons (Fsp3) is 0.263. The lowest BCUT2D eigenvalue weighted by Crippen LogP contribution is -2.54. The predicted molar refractivity (Wildman–Crippen MR) is 178 cm³/mol. The molecule has 5 aromatic rings. The minimum atomic E-state index is -0.783. The van der Waals surface area contributed by atoms with Crippen LogP contribution in [0.5, 0.6) is 0 Å². The molecule has 7 rings (SSSR count). The van der Waals surface area contributed by atoms with Crippen LogP contribution in [-0.2, 0) is 16.8 Å². The van der Waals surface area contributed by atoms with E-state index in [0.717, 1.165) is 20.8 Å². The number of hydrogen-bond donors (Lipinski definition) is 1. The summed E-state index contributed by atoms with van der Waals surface area (Å²) in [6.07, 6.45) is 9.28. The summed E-state index contributed by atoms with van der Waals surface area (Å²) in [5.41, 5.74) is 8.92. The summed E-state index contributed by atoms with van der Waals surface area (Å²) in [4.78, 5) is 13.9. The number of thiazole rings is 1. The number of aliphatic carboxylic acids is 1. The number of rotatable bonds is 7. The van der Waals surface area contributed by atoms with Crippen LogP contribution in [-0.4, -0.2) is 16.6 Å². The summed E-state index contributed by atoms with van der Waals surface area (Å²) in [7, 11) is 0. The molecule has 0 bridgehead atoms. The summed E-state index contributed by atoms with van der Waals surface area (Å²) in [5, 5.41) is 10.3. The second kappa shape index (κ2) is 10.8. The number of carboxylic acid groups (broad SMARTS) is 1. The van der Waals surface area contributed by atoms with Crippen LogP contribution in [0.15, 0.2) is 97.1 Å². The fourth-order valence-electron chi connectivity index (χ4n) is 7.46. The van der Waals surface area contributed by atoms with Gasteiger partial charge in [0.1, 0.15) is 11.1 Å². The van der Waals surface area contributed by atoms with Crippen molar-refractivity contribution in [2.24, 2.45) is 0 Å². The molecule has 2 aliphatic rings. The Labute approximate surface area is 257 Å². The third kappa shape index (κ3) is 4.67. The number of anilines is 2. The summed E-state index contributed by atoms with van der Waals surface area (Å²) < 4.78 is 3.27. The highest BCUT2D eigenvalue weighted by Crippen LogP contribution is 2.61. The van der Waals surface area contributed by atoms with Gasteiger partial charge in [-0.05, 0) is 78.4 Å². The second-order valence-electron chi connectivity index (χ2n) is 12.4. The van der Waals surface area contributed by atoms with Gasteiger partial charge in [-0.15, -0.1) is 0 Å². The van der Waals surface area contributed by atoms with Crippen molar-refractivity contribution < 1.29 is 14.5 Å². The van der Waals surface area contributed by atoms with Crippen LogP contribution in [0.4, 0.5) is 11.4 Å². The van der Waals surface area contributed by atoms with Crippen LogP contribution in [0, 0.1) is 0 Å². The molecule has 0 radical (unpaired) electrons. The van der Waals surface area contributed by atoms with E-state index in [-0.39, 0.29) is 17.4 Å². The molecule has 4 aromatic carbocycles. The first-order valence-corrected chi connectivity index (χ1v) is 16.1. The zero-order chi connectivity index (χ0) is 29.6. The zero-order valence-electron chi connectivity index (χ0n) is 24.8. The molecule has 4 nitrogen and oxygen atoms in total. The van der Waals surface area contributed by atoms with E-state index >= 15 is 0 Å². The van der Waals surface area contributed by atoms with E-state index in [9.17, 15) is 9.90 Å². The number of para-hydroxylation sites is 2. The number of fused-ring (bicyclic) bond motifs is 4. The summed E-state index contributed by atoms with van der Waals surface area (Å²) in [6, 6.07) is 35.0. The highest BCUT2D eigenvalue weighted by molar-refractivity contribution is 7.18. The van der Waals surface area contributed by atoms with Gasteiger partial charge in [-0.2, -0.15) is 4.57 Å². The average molecular weight is 586 g/mol. The van der Waals surface area contributed by atoms with Gasteiger partial charge in [-0.25, -0.2) is 0 Å². The molecule has 0 saturated heterocycles. The molecule has 1 aliphatic heterocycles. The smallest absolute Gasteiger partial charge is 0.309 e. The lowest BCUT2D eigenvalue weighted by molar-refractivity contribution is -0.667. The Balaban J connectivity index is 1.19. The number of hydrogen-bond acceptors (Lipinski definition) is 3. The molecule has 43 heavy (non-hydrogen) atoms. The first-order chi connectivity index (χ1) is 20.9. The van der Waals surface area contributed by atoms with Gasteiger partial charge >= 0.3 is 5.97 Å². The molecule has 1 aromatic heterocycles. The molecule has 2 atom stereocenters. The summed E-state index contributed by atoms with van der Waals surface area (Å²) >= 11 is 1.69. The van der Waals surface area contributed by atoms with Crippen molar-refractivity contribution in [3.05, 3.63) is 113 Å². The standard InChI is InChI=1S/C38H36N2O2S/c1-37-23-8-9-24-38(37,2)40(30-10-4-3-5-11-30)32-20-19-29(26-31(32)37)28-17-14-27(15-18-28)16-21-35-39(25-22-36(41)42)33-12-6-7-13-34(33)43-35/h3-7,10-21,26H,8-9,22-25H2,1-2H3/p+1. The van der Waals surface area contributed by atoms with E-state index in [2.05, 4.69) is 120 Å². The van der Waals surface area contributed by atoms with E-state index in [1.807, 2.05) is 12.1 Å². The molecule has 1 aliphatic carbocycles. The van der Waals surface area contributed by atoms with Gasteiger partial charge in [-0.3, -0.25) is 4.79 Å². The minimum Gasteiger partial charge on any atom is -0.481 e. The van der Waals surface area contributed by atoms with E-state index in [4.69, 9.17) is 0 Å². The number of carbonyl (C=O) groups is 1. The molecule has 2 unspecified atom stereocenters. The Morgan fingerprint density at radius 3 is 2.40 bits per heavy atom. The van der Waals surface area contributed by atoms with Gasteiger partial charge in [0.05, 0.1) is 5.54 Å².